The number of carbonyl (C=O) groups excluding carboxylic acids is 2. The monoisotopic (exact) mass is 402 g/mol. The van der Waals surface area contributed by atoms with Crippen LogP contribution in [0, 0.1) is 0 Å². The molecule has 0 bridgehead atoms. The minimum Gasteiger partial charge on any atom is -0.461 e. The van der Waals surface area contributed by atoms with Crippen LogP contribution in [0.3, 0.4) is 0 Å². The van der Waals surface area contributed by atoms with Gasteiger partial charge in [0.05, 0.1) is 51.4 Å². The van der Waals surface area contributed by atoms with E-state index in [-0.39, 0.29) is 24.2 Å². The molecule has 0 aliphatic carbocycles. The largest absolute Gasteiger partial charge is 0.461 e. The molecule has 2 aliphatic heterocycles. The average Bonchev–Trinajstić information content (AvgIpc) is 3.33. The molecule has 2 fully saturated rings. The zero-order valence-electron chi connectivity index (χ0n) is 16.9. The van der Waals surface area contributed by atoms with E-state index < -0.39 is 11.8 Å². The fourth-order valence-corrected chi connectivity index (χ4v) is 4.22. The molecule has 8 heteroatoms. The molecule has 3 heterocycles. The summed E-state index contributed by atoms with van der Waals surface area (Å²) in [5, 5.41) is 3.76. The Bertz CT molecular complexity index is 893. The fraction of sp³-hybridized carbons (Fsp3) is 0.524. The molecule has 156 valence electrons. The highest BCUT2D eigenvalue weighted by Crippen LogP contribution is 2.29. The van der Waals surface area contributed by atoms with E-state index in [0.717, 1.165) is 36.8 Å². The van der Waals surface area contributed by atoms with Crippen LogP contribution in [0.4, 0.5) is 5.69 Å². The minimum atomic E-state index is -0.477. The maximum atomic E-state index is 13.0. The molecule has 1 atom stereocenters. The summed E-state index contributed by atoms with van der Waals surface area (Å²) in [6.45, 7) is 6.82. The molecule has 1 amide bonds. The highest BCUT2D eigenvalue weighted by molar-refractivity contribution is 6.11. The molecular formula is C21H28N3O5+. The molecule has 0 saturated carbocycles. The number of hydrogen-bond donors (Lipinski definition) is 3. The number of ether oxygens (including phenoxy) is 3. The summed E-state index contributed by atoms with van der Waals surface area (Å²) in [6, 6.07) is 7.23. The smallest absolute Gasteiger partial charge is 0.356 e. The van der Waals surface area contributed by atoms with Gasteiger partial charge in [0.2, 0.25) is 0 Å². The number of anilines is 1. The van der Waals surface area contributed by atoms with Crippen LogP contribution in [-0.4, -0.2) is 61.6 Å². The second-order valence-electron chi connectivity index (χ2n) is 7.62. The number of esters is 1. The van der Waals surface area contributed by atoms with Crippen molar-refractivity contribution in [2.75, 3.05) is 38.2 Å². The van der Waals surface area contributed by atoms with Gasteiger partial charge in [0, 0.05) is 10.9 Å². The Morgan fingerprint density at radius 1 is 1.24 bits per heavy atom. The third-order valence-corrected chi connectivity index (χ3v) is 5.91. The van der Waals surface area contributed by atoms with Crippen LogP contribution in [0.2, 0.25) is 0 Å². The quantitative estimate of drug-likeness (QED) is 0.651. The number of amides is 1. The molecule has 1 aromatic heterocycles. The van der Waals surface area contributed by atoms with Gasteiger partial charge in [0.15, 0.2) is 11.8 Å². The topological polar surface area (TPSA) is 94.1 Å². The zero-order chi connectivity index (χ0) is 20.4. The average molecular weight is 402 g/mol. The highest BCUT2D eigenvalue weighted by Gasteiger charge is 2.43. The minimum absolute atomic E-state index is 0.125. The van der Waals surface area contributed by atoms with E-state index in [1.54, 1.807) is 6.92 Å². The number of hydrogen-bond acceptors (Lipinski definition) is 5. The molecule has 1 spiro atoms. The Morgan fingerprint density at radius 2 is 1.93 bits per heavy atom. The molecule has 2 aliphatic rings. The van der Waals surface area contributed by atoms with E-state index in [9.17, 15) is 9.59 Å². The molecule has 2 aromatic rings. The zero-order valence-corrected chi connectivity index (χ0v) is 16.9. The lowest BCUT2D eigenvalue weighted by atomic mass is 10.0. The van der Waals surface area contributed by atoms with Gasteiger partial charge in [-0.2, -0.15) is 0 Å². The van der Waals surface area contributed by atoms with Crippen LogP contribution in [-0.2, 0) is 19.0 Å². The van der Waals surface area contributed by atoms with Crippen molar-refractivity contribution >= 4 is 28.5 Å². The Morgan fingerprint density at radius 3 is 2.62 bits per heavy atom. The van der Waals surface area contributed by atoms with Crippen LogP contribution < -0.4 is 10.2 Å². The van der Waals surface area contributed by atoms with E-state index in [1.807, 2.05) is 31.2 Å². The van der Waals surface area contributed by atoms with Crippen LogP contribution in [0.5, 0.6) is 0 Å². The molecule has 0 radical (unpaired) electrons. The van der Waals surface area contributed by atoms with E-state index in [4.69, 9.17) is 14.2 Å². The van der Waals surface area contributed by atoms with Crippen molar-refractivity contribution in [2.45, 2.75) is 38.5 Å². The first-order valence-electron chi connectivity index (χ1n) is 10.2. The van der Waals surface area contributed by atoms with Gasteiger partial charge in [0.25, 0.3) is 5.91 Å². The number of carbonyl (C=O) groups is 2. The number of likely N-dealkylation sites (tertiary alicyclic amines) is 1. The summed E-state index contributed by atoms with van der Waals surface area (Å²) < 4.78 is 16.7. The molecule has 2 saturated heterocycles. The number of piperidine rings is 1. The van der Waals surface area contributed by atoms with Crippen LogP contribution in [0.25, 0.3) is 10.9 Å². The number of aromatic nitrogens is 1. The van der Waals surface area contributed by atoms with Crippen LogP contribution in [0.15, 0.2) is 24.3 Å². The summed E-state index contributed by atoms with van der Waals surface area (Å²) in [4.78, 5) is 29.7. The van der Waals surface area contributed by atoms with Crippen molar-refractivity contribution in [1.29, 1.82) is 0 Å². The van der Waals surface area contributed by atoms with Crippen molar-refractivity contribution in [2.24, 2.45) is 0 Å². The van der Waals surface area contributed by atoms with Gasteiger partial charge in [-0.3, -0.25) is 4.79 Å². The maximum Gasteiger partial charge on any atom is 0.356 e. The van der Waals surface area contributed by atoms with E-state index >= 15 is 0 Å². The Balaban J connectivity index is 1.49. The Kier molecular flexibility index (Phi) is 5.58. The third kappa shape index (κ3) is 3.88. The first kappa shape index (κ1) is 19.9. The van der Waals surface area contributed by atoms with Crippen molar-refractivity contribution < 1.29 is 28.7 Å². The molecule has 8 nitrogen and oxygen atoms in total. The lowest BCUT2D eigenvalue weighted by Crippen LogP contribution is -3.18. The summed E-state index contributed by atoms with van der Waals surface area (Å²) in [7, 11) is 0. The van der Waals surface area contributed by atoms with E-state index in [1.165, 1.54) is 4.90 Å². The van der Waals surface area contributed by atoms with Gasteiger partial charge in [-0.25, -0.2) is 4.79 Å². The van der Waals surface area contributed by atoms with Crippen molar-refractivity contribution in [3.63, 3.8) is 0 Å². The normalized spacial score (nSPS) is 20.1. The van der Waals surface area contributed by atoms with Gasteiger partial charge < -0.3 is 29.4 Å². The lowest BCUT2D eigenvalue weighted by molar-refractivity contribution is -0.922. The maximum absolute atomic E-state index is 13.0. The van der Waals surface area contributed by atoms with Crippen molar-refractivity contribution in [3.8, 4) is 0 Å². The van der Waals surface area contributed by atoms with Crippen LogP contribution >= 0.6 is 0 Å². The number of aromatic amines is 1. The first-order valence-corrected chi connectivity index (χ1v) is 10.2. The molecular weight excluding hydrogens is 374 g/mol. The predicted molar refractivity (Wildman–Crippen MR) is 107 cm³/mol. The number of H-pyrrole nitrogens is 1. The lowest BCUT2D eigenvalue weighted by Gasteiger charge is -2.37. The summed E-state index contributed by atoms with van der Waals surface area (Å²) in [6.07, 6.45) is 1.56. The summed E-state index contributed by atoms with van der Waals surface area (Å²) >= 11 is 0. The molecule has 3 N–H and O–H groups in total. The second-order valence-corrected chi connectivity index (χ2v) is 7.62. The summed E-state index contributed by atoms with van der Waals surface area (Å²) in [5.41, 5.74) is 1.53. The number of rotatable bonds is 5. The summed E-state index contributed by atoms with van der Waals surface area (Å²) in [5.74, 6) is -1.05. The second kappa shape index (κ2) is 8.14. The Hall–Kier alpha value is -2.42. The van der Waals surface area contributed by atoms with Gasteiger partial charge >= 0.3 is 5.97 Å². The van der Waals surface area contributed by atoms with E-state index in [0.29, 0.717) is 18.9 Å². The molecule has 4 rings (SSSR count). The fourth-order valence-electron chi connectivity index (χ4n) is 4.22. The number of fused-ring (bicyclic) bond motifs is 1. The molecule has 29 heavy (non-hydrogen) atoms. The van der Waals surface area contributed by atoms with Gasteiger partial charge in [-0.1, -0.05) is 18.2 Å². The Labute approximate surface area is 169 Å². The standard InChI is InChI=1S/C21H27N3O5/c1-3-27-20(26)18-17(15-6-4-5-7-16(15)22-18)23-19(25)14(2)24-10-8-21(9-11-24)28-12-13-29-21/h4-7,14,22H,3,8-13H2,1-2H3,(H,23,25)/p+1/t14-/m1/s1. The van der Waals surface area contributed by atoms with E-state index in [2.05, 4.69) is 10.3 Å². The first-order chi connectivity index (χ1) is 14.0. The molecule has 0 unspecified atom stereocenters. The third-order valence-electron chi connectivity index (χ3n) is 5.91. The van der Waals surface area contributed by atoms with Crippen molar-refractivity contribution in [1.82, 2.24) is 4.98 Å². The van der Waals surface area contributed by atoms with Crippen LogP contribution in [0.1, 0.15) is 37.2 Å². The SMILES string of the molecule is CCOC(=O)c1[nH]c2ccccc2c1NC(=O)[C@@H](C)[NH+]1CCC2(CC1)OCCO2. The number of nitrogens with one attached hydrogen (secondary N) is 3. The number of para-hydroxylation sites is 1. The van der Waals surface area contributed by atoms with Gasteiger partial charge in [-0.05, 0) is 19.9 Å². The van der Waals surface area contributed by atoms with Gasteiger partial charge in [-0.15, -0.1) is 0 Å². The number of benzene rings is 1. The molecule has 1 aromatic carbocycles. The van der Waals surface area contributed by atoms with Gasteiger partial charge in [0.1, 0.15) is 5.69 Å². The van der Waals surface area contributed by atoms with Crippen molar-refractivity contribution in [3.05, 3.63) is 30.0 Å². The predicted octanol–water partition coefficient (Wildman–Crippen LogP) is 1.09. The number of quaternary nitrogens is 1. The highest BCUT2D eigenvalue weighted by atomic mass is 16.7.